The van der Waals surface area contributed by atoms with Crippen molar-refractivity contribution >= 4 is 5.97 Å². The number of likely N-dealkylation sites (N-methyl/N-ethyl adjacent to an activating group) is 1. The van der Waals surface area contributed by atoms with Gasteiger partial charge in [-0.2, -0.15) is 0 Å². The van der Waals surface area contributed by atoms with Crippen molar-refractivity contribution in [3.8, 4) is 0 Å². The number of esters is 1. The van der Waals surface area contributed by atoms with E-state index in [9.17, 15) is 9.18 Å². The molecule has 1 aromatic rings. The Hall–Kier alpha value is -1.17. The lowest BCUT2D eigenvalue weighted by Gasteiger charge is -2.33. The molecule has 0 bridgehead atoms. The van der Waals surface area contributed by atoms with Gasteiger partial charge in [-0.1, -0.05) is 6.07 Å². The Morgan fingerprint density at radius 1 is 1.33 bits per heavy atom. The Labute approximate surface area is 131 Å². The molecule has 0 amide bonds. The number of carbonyl (C=O) groups is 1. The van der Waals surface area contributed by atoms with Crippen LogP contribution in [0.3, 0.4) is 0 Å². The van der Waals surface area contributed by atoms with E-state index in [2.05, 4.69) is 16.8 Å². The third kappa shape index (κ3) is 5.61. The van der Waals surface area contributed by atoms with Crippen LogP contribution in [0.2, 0.25) is 0 Å². The number of ether oxygens (including phenoxy) is 1. The molecule has 0 saturated carbocycles. The molecule has 1 heterocycles. The quantitative estimate of drug-likeness (QED) is 0.642. The van der Waals surface area contributed by atoms with Gasteiger partial charge in [0.2, 0.25) is 0 Å². The molecular formula is C15H21ClFN2O2-. The summed E-state index contributed by atoms with van der Waals surface area (Å²) in [5.41, 5.74) is 0.259. The SMILES string of the molecule is CC(CN1CCN(C)CC1)OC(=O)c1cccc(F)c1.[Cl-]. The summed E-state index contributed by atoms with van der Waals surface area (Å²) in [5, 5.41) is 0. The zero-order valence-electron chi connectivity index (χ0n) is 12.4. The number of benzene rings is 1. The van der Waals surface area contributed by atoms with Crippen LogP contribution in [0.4, 0.5) is 4.39 Å². The molecule has 0 aromatic heterocycles. The largest absolute Gasteiger partial charge is 1.00 e. The van der Waals surface area contributed by atoms with Gasteiger partial charge < -0.3 is 22.0 Å². The second kappa shape index (κ2) is 8.32. The Kier molecular flexibility index (Phi) is 7.08. The van der Waals surface area contributed by atoms with Crippen LogP contribution in [-0.4, -0.2) is 61.6 Å². The van der Waals surface area contributed by atoms with E-state index in [4.69, 9.17) is 4.74 Å². The number of nitrogens with zero attached hydrogens (tertiary/aromatic N) is 2. The molecule has 6 heteroatoms. The fourth-order valence-corrected chi connectivity index (χ4v) is 2.30. The highest BCUT2D eigenvalue weighted by molar-refractivity contribution is 5.89. The van der Waals surface area contributed by atoms with Gasteiger partial charge in [-0.25, -0.2) is 9.18 Å². The fourth-order valence-electron chi connectivity index (χ4n) is 2.30. The van der Waals surface area contributed by atoms with Gasteiger partial charge in [-0.3, -0.25) is 4.90 Å². The average molecular weight is 316 g/mol. The predicted octanol–water partition coefficient (Wildman–Crippen LogP) is -1.38. The van der Waals surface area contributed by atoms with Crippen LogP contribution in [0.5, 0.6) is 0 Å². The second-order valence-corrected chi connectivity index (χ2v) is 5.33. The van der Waals surface area contributed by atoms with Gasteiger partial charge in [0.25, 0.3) is 0 Å². The monoisotopic (exact) mass is 315 g/mol. The van der Waals surface area contributed by atoms with E-state index in [1.165, 1.54) is 18.2 Å². The summed E-state index contributed by atoms with van der Waals surface area (Å²) in [5.74, 6) is -0.891. The molecule has 0 N–H and O–H groups in total. The van der Waals surface area contributed by atoms with Crippen molar-refractivity contribution in [1.29, 1.82) is 0 Å². The molecule has 1 aliphatic heterocycles. The van der Waals surface area contributed by atoms with Crippen molar-refractivity contribution in [2.24, 2.45) is 0 Å². The van der Waals surface area contributed by atoms with Gasteiger partial charge in [0, 0.05) is 32.7 Å². The number of rotatable bonds is 4. The van der Waals surface area contributed by atoms with Crippen LogP contribution in [0.1, 0.15) is 17.3 Å². The first-order valence-electron chi connectivity index (χ1n) is 6.92. The van der Waals surface area contributed by atoms with Gasteiger partial charge >= 0.3 is 5.97 Å². The summed E-state index contributed by atoms with van der Waals surface area (Å²) >= 11 is 0. The summed E-state index contributed by atoms with van der Waals surface area (Å²) in [4.78, 5) is 16.4. The Morgan fingerprint density at radius 2 is 2.00 bits per heavy atom. The molecule has 0 radical (unpaired) electrons. The summed E-state index contributed by atoms with van der Waals surface area (Å²) in [7, 11) is 2.10. The maximum absolute atomic E-state index is 13.1. The highest BCUT2D eigenvalue weighted by Crippen LogP contribution is 2.08. The standard InChI is InChI=1S/C15H21FN2O2.ClH/c1-12(11-18-8-6-17(2)7-9-18)20-15(19)13-4-3-5-14(16)10-13;/h3-5,10,12H,6-9,11H2,1-2H3;1H/p-1. The second-order valence-electron chi connectivity index (χ2n) is 5.33. The number of halogens is 2. The smallest absolute Gasteiger partial charge is 0.338 e. The topological polar surface area (TPSA) is 32.8 Å². The zero-order valence-corrected chi connectivity index (χ0v) is 13.1. The molecule has 21 heavy (non-hydrogen) atoms. The van der Waals surface area contributed by atoms with Crippen molar-refractivity contribution < 1.29 is 26.3 Å². The van der Waals surface area contributed by atoms with Gasteiger partial charge in [0.05, 0.1) is 5.56 Å². The normalized spacial score (nSPS) is 17.9. The van der Waals surface area contributed by atoms with Gasteiger partial charge in [-0.05, 0) is 32.2 Å². The van der Waals surface area contributed by atoms with E-state index in [1.54, 1.807) is 6.07 Å². The molecule has 1 unspecified atom stereocenters. The van der Waals surface area contributed by atoms with Crippen LogP contribution in [0, 0.1) is 5.82 Å². The summed E-state index contributed by atoms with van der Waals surface area (Å²) in [6, 6.07) is 5.58. The Bertz CT molecular complexity index is 465. The fraction of sp³-hybridized carbons (Fsp3) is 0.533. The molecule has 1 fully saturated rings. The molecule has 0 aliphatic carbocycles. The van der Waals surface area contributed by atoms with Gasteiger partial charge in [0.15, 0.2) is 0 Å². The van der Waals surface area contributed by atoms with Crippen molar-refractivity contribution in [2.75, 3.05) is 39.8 Å². The molecule has 4 nitrogen and oxygen atoms in total. The van der Waals surface area contributed by atoms with Crippen molar-refractivity contribution in [3.63, 3.8) is 0 Å². The Morgan fingerprint density at radius 3 is 2.62 bits per heavy atom. The number of hydrogen-bond donors (Lipinski definition) is 0. The van der Waals surface area contributed by atoms with Crippen molar-refractivity contribution in [2.45, 2.75) is 13.0 Å². The minimum Gasteiger partial charge on any atom is -1.00 e. The minimum absolute atomic E-state index is 0. The summed E-state index contributed by atoms with van der Waals surface area (Å²) < 4.78 is 18.4. The lowest BCUT2D eigenvalue weighted by atomic mass is 10.2. The lowest BCUT2D eigenvalue weighted by molar-refractivity contribution is -0.0000471. The maximum Gasteiger partial charge on any atom is 0.338 e. The van der Waals surface area contributed by atoms with Crippen LogP contribution in [-0.2, 0) is 4.74 Å². The van der Waals surface area contributed by atoms with Crippen molar-refractivity contribution in [1.82, 2.24) is 9.80 Å². The van der Waals surface area contributed by atoms with Crippen LogP contribution in [0.15, 0.2) is 24.3 Å². The van der Waals surface area contributed by atoms with Gasteiger partial charge in [-0.15, -0.1) is 0 Å². The maximum atomic E-state index is 13.1. The van der Waals surface area contributed by atoms with E-state index in [1.807, 2.05) is 6.92 Å². The number of piperazine rings is 1. The predicted molar refractivity (Wildman–Crippen MR) is 75.2 cm³/mol. The number of carbonyl (C=O) groups excluding carboxylic acids is 1. The van der Waals surface area contributed by atoms with E-state index in [0.29, 0.717) is 0 Å². The van der Waals surface area contributed by atoms with E-state index in [0.717, 1.165) is 32.7 Å². The molecule has 1 atom stereocenters. The van der Waals surface area contributed by atoms with Gasteiger partial charge in [0.1, 0.15) is 11.9 Å². The highest BCUT2D eigenvalue weighted by Gasteiger charge is 2.19. The first-order valence-corrected chi connectivity index (χ1v) is 6.92. The molecule has 118 valence electrons. The zero-order chi connectivity index (χ0) is 14.5. The molecule has 1 aromatic carbocycles. The van der Waals surface area contributed by atoms with E-state index < -0.39 is 11.8 Å². The van der Waals surface area contributed by atoms with Crippen LogP contribution in [0.25, 0.3) is 0 Å². The summed E-state index contributed by atoms with van der Waals surface area (Å²) in [6.07, 6.45) is -0.200. The first-order chi connectivity index (χ1) is 9.54. The van der Waals surface area contributed by atoms with Crippen LogP contribution < -0.4 is 12.4 Å². The molecule has 1 saturated heterocycles. The molecule has 2 rings (SSSR count). The third-order valence-corrected chi connectivity index (χ3v) is 3.48. The van der Waals surface area contributed by atoms with E-state index in [-0.39, 0.29) is 24.1 Å². The molecule has 0 spiro atoms. The van der Waals surface area contributed by atoms with E-state index >= 15 is 0 Å². The van der Waals surface area contributed by atoms with Crippen molar-refractivity contribution in [3.05, 3.63) is 35.6 Å². The lowest BCUT2D eigenvalue weighted by Crippen LogP contribution is -3.00. The average Bonchev–Trinajstić information content (AvgIpc) is 2.41. The first kappa shape index (κ1) is 17.9. The molecular weight excluding hydrogens is 295 g/mol. The van der Waals surface area contributed by atoms with Crippen LogP contribution >= 0.6 is 0 Å². The minimum atomic E-state index is -0.467. The number of hydrogen-bond acceptors (Lipinski definition) is 4. The molecule has 1 aliphatic rings. The summed E-state index contributed by atoms with van der Waals surface area (Å²) in [6.45, 7) is 6.62. The Balaban J connectivity index is 0.00000220. The third-order valence-electron chi connectivity index (χ3n) is 3.48. The highest BCUT2D eigenvalue weighted by atomic mass is 35.5.